The van der Waals surface area contributed by atoms with Crippen LogP contribution in [0.1, 0.15) is 35.7 Å². The van der Waals surface area contributed by atoms with Gasteiger partial charge in [0.15, 0.2) is 6.10 Å². The van der Waals surface area contributed by atoms with Gasteiger partial charge in [-0.25, -0.2) is 4.79 Å². The molecule has 2 amide bonds. The van der Waals surface area contributed by atoms with E-state index in [4.69, 9.17) is 4.74 Å². The zero-order chi connectivity index (χ0) is 22.5. The summed E-state index contributed by atoms with van der Waals surface area (Å²) in [5, 5.41) is 0. The Hall–Kier alpha value is -3.19. The van der Waals surface area contributed by atoms with Gasteiger partial charge in [-0.1, -0.05) is 30.3 Å². The van der Waals surface area contributed by atoms with Crippen molar-refractivity contribution >= 4 is 23.5 Å². The molecule has 0 aliphatic carbocycles. The molecule has 0 saturated carbocycles. The summed E-state index contributed by atoms with van der Waals surface area (Å²) in [7, 11) is 0. The second-order valence-corrected chi connectivity index (χ2v) is 8.33. The Morgan fingerprint density at radius 1 is 0.938 bits per heavy atom. The third-order valence-electron chi connectivity index (χ3n) is 6.05. The average Bonchev–Trinajstić information content (AvgIpc) is 3.25. The first-order valence-corrected chi connectivity index (χ1v) is 11.2. The number of esters is 1. The van der Waals surface area contributed by atoms with Crippen molar-refractivity contribution < 1.29 is 19.1 Å². The number of amides is 2. The molecule has 1 atom stereocenters. The maximum absolute atomic E-state index is 12.8. The van der Waals surface area contributed by atoms with Gasteiger partial charge in [0.1, 0.15) is 0 Å². The smallest absolute Gasteiger partial charge is 0.338 e. The summed E-state index contributed by atoms with van der Waals surface area (Å²) in [6, 6.07) is 17.1. The number of rotatable bonds is 6. The standard InChI is InChI=1S/C25H29N3O4/c1-19(24(30)27-16-14-26(15-17-27)18-20-6-3-2-4-7-20)32-25(31)21-9-11-22(12-10-21)28-13-5-8-23(28)29/h2-4,6-7,9-12,19H,5,8,13-18H2,1H3. The zero-order valence-electron chi connectivity index (χ0n) is 18.4. The van der Waals surface area contributed by atoms with Crippen LogP contribution in [-0.2, 0) is 20.9 Å². The number of piperazine rings is 1. The van der Waals surface area contributed by atoms with E-state index in [0.717, 1.165) is 31.7 Å². The molecule has 168 valence electrons. The van der Waals surface area contributed by atoms with Crippen LogP contribution in [0, 0.1) is 0 Å². The molecular formula is C25H29N3O4. The Morgan fingerprint density at radius 3 is 2.25 bits per heavy atom. The summed E-state index contributed by atoms with van der Waals surface area (Å²) < 4.78 is 5.44. The monoisotopic (exact) mass is 435 g/mol. The molecule has 4 rings (SSSR count). The van der Waals surface area contributed by atoms with Gasteiger partial charge in [-0.2, -0.15) is 0 Å². The largest absolute Gasteiger partial charge is 0.449 e. The van der Waals surface area contributed by atoms with Crippen molar-refractivity contribution in [2.75, 3.05) is 37.6 Å². The van der Waals surface area contributed by atoms with E-state index in [0.29, 0.717) is 31.6 Å². The molecule has 0 radical (unpaired) electrons. The van der Waals surface area contributed by atoms with Crippen LogP contribution in [0.2, 0.25) is 0 Å². The number of nitrogens with zero attached hydrogens (tertiary/aromatic N) is 3. The maximum Gasteiger partial charge on any atom is 0.338 e. The highest BCUT2D eigenvalue weighted by Crippen LogP contribution is 2.22. The van der Waals surface area contributed by atoms with Gasteiger partial charge in [0.2, 0.25) is 5.91 Å². The first-order valence-electron chi connectivity index (χ1n) is 11.2. The van der Waals surface area contributed by atoms with Crippen molar-refractivity contribution in [3.05, 3.63) is 65.7 Å². The topological polar surface area (TPSA) is 70.2 Å². The summed E-state index contributed by atoms with van der Waals surface area (Å²) in [5.41, 5.74) is 2.41. The fourth-order valence-corrected chi connectivity index (χ4v) is 4.20. The summed E-state index contributed by atoms with van der Waals surface area (Å²) in [4.78, 5) is 43.0. The first kappa shape index (κ1) is 22.0. The summed E-state index contributed by atoms with van der Waals surface area (Å²) in [6.45, 7) is 6.00. The number of hydrogen-bond donors (Lipinski definition) is 0. The molecule has 2 aliphatic heterocycles. The second kappa shape index (κ2) is 9.96. The van der Waals surface area contributed by atoms with Crippen molar-refractivity contribution in [2.45, 2.75) is 32.4 Å². The van der Waals surface area contributed by atoms with Gasteiger partial charge in [-0.05, 0) is 43.2 Å². The maximum atomic E-state index is 12.8. The van der Waals surface area contributed by atoms with E-state index < -0.39 is 12.1 Å². The first-order chi connectivity index (χ1) is 15.5. The number of ether oxygens (including phenoxy) is 1. The lowest BCUT2D eigenvalue weighted by Crippen LogP contribution is -2.51. The lowest BCUT2D eigenvalue weighted by atomic mass is 10.2. The Morgan fingerprint density at radius 2 is 1.62 bits per heavy atom. The Kier molecular flexibility index (Phi) is 6.85. The highest BCUT2D eigenvalue weighted by atomic mass is 16.5. The summed E-state index contributed by atoms with van der Waals surface area (Å²) in [6.07, 6.45) is 0.565. The molecule has 32 heavy (non-hydrogen) atoms. The van der Waals surface area contributed by atoms with E-state index in [1.165, 1.54) is 5.56 Å². The second-order valence-electron chi connectivity index (χ2n) is 8.33. The normalized spacial score (nSPS) is 18.0. The highest BCUT2D eigenvalue weighted by molar-refractivity contribution is 5.96. The Bertz CT molecular complexity index is 953. The molecule has 0 bridgehead atoms. The van der Waals surface area contributed by atoms with Crippen molar-refractivity contribution in [1.82, 2.24) is 9.80 Å². The number of anilines is 1. The molecule has 0 spiro atoms. The third kappa shape index (κ3) is 5.16. The predicted octanol–water partition coefficient (Wildman–Crippen LogP) is 2.70. The molecule has 0 N–H and O–H groups in total. The van der Waals surface area contributed by atoms with E-state index in [9.17, 15) is 14.4 Å². The van der Waals surface area contributed by atoms with Crippen LogP contribution in [-0.4, -0.2) is 66.4 Å². The Labute approximate surface area is 188 Å². The van der Waals surface area contributed by atoms with Gasteiger partial charge in [-0.3, -0.25) is 14.5 Å². The van der Waals surface area contributed by atoms with Crippen LogP contribution in [0.3, 0.4) is 0 Å². The SMILES string of the molecule is CC(OC(=O)c1ccc(N2CCCC2=O)cc1)C(=O)N1CCN(Cc2ccccc2)CC1. The van der Waals surface area contributed by atoms with Crippen molar-refractivity contribution in [1.29, 1.82) is 0 Å². The Balaban J connectivity index is 1.26. The molecule has 1 unspecified atom stereocenters. The van der Waals surface area contributed by atoms with Gasteiger partial charge >= 0.3 is 5.97 Å². The molecule has 2 heterocycles. The number of benzene rings is 2. The minimum absolute atomic E-state index is 0.100. The van der Waals surface area contributed by atoms with Gasteiger partial charge < -0.3 is 14.5 Å². The molecule has 7 heteroatoms. The zero-order valence-corrected chi connectivity index (χ0v) is 18.4. The lowest BCUT2D eigenvalue weighted by Gasteiger charge is -2.35. The fraction of sp³-hybridized carbons (Fsp3) is 0.400. The molecule has 7 nitrogen and oxygen atoms in total. The minimum Gasteiger partial charge on any atom is -0.449 e. The van der Waals surface area contributed by atoms with E-state index in [-0.39, 0.29) is 11.8 Å². The van der Waals surface area contributed by atoms with Crippen LogP contribution >= 0.6 is 0 Å². The third-order valence-corrected chi connectivity index (χ3v) is 6.05. The molecule has 0 aromatic heterocycles. The molecular weight excluding hydrogens is 406 g/mol. The van der Waals surface area contributed by atoms with E-state index >= 15 is 0 Å². The van der Waals surface area contributed by atoms with Crippen LogP contribution in [0.15, 0.2) is 54.6 Å². The molecule has 2 saturated heterocycles. The van der Waals surface area contributed by atoms with Crippen molar-refractivity contribution in [3.8, 4) is 0 Å². The van der Waals surface area contributed by atoms with Gasteiger partial charge in [0.25, 0.3) is 5.91 Å². The summed E-state index contributed by atoms with van der Waals surface area (Å²) >= 11 is 0. The fourth-order valence-electron chi connectivity index (χ4n) is 4.20. The van der Waals surface area contributed by atoms with Gasteiger partial charge in [0, 0.05) is 51.4 Å². The van der Waals surface area contributed by atoms with Crippen molar-refractivity contribution in [3.63, 3.8) is 0 Å². The number of hydrogen-bond acceptors (Lipinski definition) is 5. The van der Waals surface area contributed by atoms with Crippen LogP contribution in [0.5, 0.6) is 0 Å². The minimum atomic E-state index is -0.844. The van der Waals surface area contributed by atoms with Crippen molar-refractivity contribution in [2.24, 2.45) is 0 Å². The van der Waals surface area contributed by atoms with Gasteiger partial charge in [0.05, 0.1) is 5.56 Å². The van der Waals surface area contributed by atoms with Crippen LogP contribution in [0.25, 0.3) is 0 Å². The molecule has 2 aromatic carbocycles. The van der Waals surface area contributed by atoms with Crippen LogP contribution < -0.4 is 4.90 Å². The predicted molar refractivity (Wildman–Crippen MR) is 121 cm³/mol. The lowest BCUT2D eigenvalue weighted by molar-refractivity contribution is -0.141. The summed E-state index contributed by atoms with van der Waals surface area (Å²) in [5.74, 6) is -0.603. The van der Waals surface area contributed by atoms with Crippen LogP contribution in [0.4, 0.5) is 5.69 Å². The van der Waals surface area contributed by atoms with Gasteiger partial charge in [-0.15, -0.1) is 0 Å². The molecule has 2 fully saturated rings. The van der Waals surface area contributed by atoms with E-state index in [1.807, 2.05) is 18.2 Å². The average molecular weight is 436 g/mol. The quantitative estimate of drug-likeness (QED) is 0.653. The number of carbonyl (C=O) groups is 3. The van der Waals surface area contributed by atoms with E-state index in [2.05, 4.69) is 17.0 Å². The molecule has 2 aliphatic rings. The highest BCUT2D eigenvalue weighted by Gasteiger charge is 2.28. The molecule has 2 aromatic rings. The number of carbonyl (C=O) groups excluding carboxylic acids is 3. The van der Waals surface area contributed by atoms with E-state index in [1.54, 1.807) is 41.0 Å².